The molecular weight excluding hydrogens is 308 g/mol. The van der Waals surface area contributed by atoms with E-state index in [0.717, 1.165) is 13.2 Å². The topological polar surface area (TPSA) is 59.3 Å². The Kier molecular flexibility index (Phi) is 4.36. The Hall–Kier alpha value is -2.44. The number of hydrogen-bond donors (Lipinski definition) is 0. The SMILES string of the molecule is COC(=O)c1ccc(C#N)c(C(F)(F)F)c1OC(F)(F)F. The van der Waals surface area contributed by atoms with Gasteiger partial charge in [-0.2, -0.15) is 18.4 Å². The average Bonchev–Trinajstić information content (AvgIpc) is 2.33. The molecule has 0 N–H and O–H groups in total. The molecule has 0 radical (unpaired) electrons. The molecule has 1 rings (SSSR count). The van der Waals surface area contributed by atoms with Gasteiger partial charge in [0.25, 0.3) is 0 Å². The van der Waals surface area contributed by atoms with Gasteiger partial charge in [-0.1, -0.05) is 0 Å². The van der Waals surface area contributed by atoms with Crippen LogP contribution >= 0.6 is 0 Å². The van der Waals surface area contributed by atoms with Crippen LogP contribution in [-0.4, -0.2) is 19.4 Å². The molecular formula is C11H5F6NO3. The van der Waals surface area contributed by atoms with Crippen LogP contribution in [0.2, 0.25) is 0 Å². The van der Waals surface area contributed by atoms with E-state index in [1.165, 1.54) is 0 Å². The molecule has 0 aromatic heterocycles. The summed E-state index contributed by atoms with van der Waals surface area (Å²) in [6.45, 7) is 0. The van der Waals surface area contributed by atoms with Gasteiger partial charge in [-0.25, -0.2) is 4.79 Å². The third-order valence-corrected chi connectivity index (χ3v) is 2.18. The fourth-order valence-electron chi connectivity index (χ4n) is 1.45. The molecule has 0 amide bonds. The molecule has 114 valence electrons. The number of rotatable bonds is 2. The van der Waals surface area contributed by atoms with Crippen LogP contribution in [0, 0.1) is 11.3 Å². The second-order valence-corrected chi connectivity index (χ2v) is 3.51. The molecule has 0 unspecified atom stereocenters. The van der Waals surface area contributed by atoms with Crippen molar-refractivity contribution in [1.82, 2.24) is 0 Å². The number of alkyl halides is 6. The van der Waals surface area contributed by atoms with E-state index in [0.29, 0.717) is 12.1 Å². The van der Waals surface area contributed by atoms with Crippen LogP contribution in [0.15, 0.2) is 12.1 Å². The zero-order valence-corrected chi connectivity index (χ0v) is 10.1. The molecule has 0 bridgehead atoms. The summed E-state index contributed by atoms with van der Waals surface area (Å²) in [5.41, 5.74) is -4.21. The Morgan fingerprint density at radius 2 is 1.76 bits per heavy atom. The largest absolute Gasteiger partial charge is 0.573 e. The van der Waals surface area contributed by atoms with Gasteiger partial charge in [0.15, 0.2) is 5.75 Å². The Balaban J connectivity index is 3.72. The van der Waals surface area contributed by atoms with Crippen molar-refractivity contribution in [2.75, 3.05) is 7.11 Å². The van der Waals surface area contributed by atoms with E-state index in [9.17, 15) is 31.1 Å². The van der Waals surface area contributed by atoms with Crippen molar-refractivity contribution in [3.63, 3.8) is 0 Å². The normalized spacial score (nSPS) is 11.7. The lowest BCUT2D eigenvalue weighted by atomic mass is 10.0. The average molecular weight is 313 g/mol. The van der Waals surface area contributed by atoms with E-state index in [-0.39, 0.29) is 0 Å². The maximum absolute atomic E-state index is 12.9. The number of carbonyl (C=O) groups excluding carboxylic acids is 1. The predicted molar refractivity (Wildman–Crippen MR) is 54.2 cm³/mol. The van der Waals surface area contributed by atoms with Crippen LogP contribution in [-0.2, 0) is 10.9 Å². The van der Waals surface area contributed by atoms with Crippen molar-refractivity contribution < 1.29 is 40.6 Å². The number of benzene rings is 1. The summed E-state index contributed by atoms with van der Waals surface area (Å²) in [7, 11) is 0.769. The molecule has 0 saturated heterocycles. The van der Waals surface area contributed by atoms with Crippen molar-refractivity contribution in [3.05, 3.63) is 28.8 Å². The van der Waals surface area contributed by atoms with Gasteiger partial charge >= 0.3 is 18.5 Å². The summed E-state index contributed by atoms with van der Waals surface area (Å²) in [6, 6.07) is 2.23. The zero-order valence-electron chi connectivity index (χ0n) is 10.1. The van der Waals surface area contributed by atoms with E-state index in [2.05, 4.69) is 9.47 Å². The second kappa shape index (κ2) is 5.51. The number of nitrogens with zero attached hydrogens (tertiary/aromatic N) is 1. The predicted octanol–water partition coefficient (Wildman–Crippen LogP) is 3.26. The number of halogens is 6. The van der Waals surface area contributed by atoms with Crippen LogP contribution in [0.3, 0.4) is 0 Å². The van der Waals surface area contributed by atoms with Crippen LogP contribution in [0.25, 0.3) is 0 Å². The number of esters is 1. The van der Waals surface area contributed by atoms with E-state index >= 15 is 0 Å². The van der Waals surface area contributed by atoms with Gasteiger partial charge < -0.3 is 9.47 Å². The molecule has 1 aromatic carbocycles. The molecule has 0 fully saturated rings. The second-order valence-electron chi connectivity index (χ2n) is 3.51. The highest BCUT2D eigenvalue weighted by Gasteiger charge is 2.43. The maximum Gasteiger partial charge on any atom is 0.573 e. The molecule has 4 nitrogen and oxygen atoms in total. The Morgan fingerprint density at radius 3 is 2.14 bits per heavy atom. The monoisotopic (exact) mass is 313 g/mol. The van der Waals surface area contributed by atoms with E-state index in [1.54, 1.807) is 0 Å². The third-order valence-electron chi connectivity index (χ3n) is 2.18. The van der Waals surface area contributed by atoms with Crippen molar-refractivity contribution in [3.8, 4) is 11.8 Å². The first kappa shape index (κ1) is 16.6. The van der Waals surface area contributed by atoms with E-state index in [4.69, 9.17) is 5.26 Å². The lowest BCUT2D eigenvalue weighted by Gasteiger charge is -2.18. The molecule has 0 spiro atoms. The van der Waals surface area contributed by atoms with Crippen LogP contribution < -0.4 is 4.74 Å². The molecule has 21 heavy (non-hydrogen) atoms. The molecule has 0 heterocycles. The summed E-state index contributed by atoms with van der Waals surface area (Å²) in [5.74, 6) is -3.29. The first-order valence-corrected chi connectivity index (χ1v) is 4.99. The summed E-state index contributed by atoms with van der Waals surface area (Å²) < 4.78 is 82.8. The van der Waals surface area contributed by atoms with E-state index in [1.807, 2.05) is 0 Å². The minimum absolute atomic E-state index is 0.554. The number of methoxy groups -OCH3 is 1. The van der Waals surface area contributed by atoms with E-state index < -0.39 is 40.9 Å². The third kappa shape index (κ3) is 3.77. The molecule has 0 saturated carbocycles. The number of nitriles is 1. The summed E-state index contributed by atoms with van der Waals surface area (Å²) in [6.07, 6.45) is -10.8. The van der Waals surface area contributed by atoms with Gasteiger partial charge in [0, 0.05) is 0 Å². The van der Waals surface area contributed by atoms with Crippen LogP contribution in [0.4, 0.5) is 26.3 Å². The van der Waals surface area contributed by atoms with Crippen LogP contribution in [0.5, 0.6) is 5.75 Å². The Labute approximate surface area is 113 Å². The zero-order chi connectivity index (χ0) is 16.4. The molecule has 0 atom stereocenters. The van der Waals surface area contributed by atoms with Gasteiger partial charge in [-0.15, -0.1) is 13.2 Å². The fraction of sp³-hybridized carbons (Fsp3) is 0.273. The van der Waals surface area contributed by atoms with Crippen LogP contribution in [0.1, 0.15) is 21.5 Å². The molecule has 0 aliphatic carbocycles. The van der Waals surface area contributed by atoms with Crippen molar-refractivity contribution in [2.45, 2.75) is 12.5 Å². The van der Waals surface area contributed by atoms with Gasteiger partial charge in [-0.3, -0.25) is 0 Å². The lowest BCUT2D eigenvalue weighted by Crippen LogP contribution is -2.23. The Bertz CT molecular complexity index is 600. The molecule has 0 aliphatic heterocycles. The van der Waals surface area contributed by atoms with Gasteiger partial charge in [0.05, 0.1) is 18.7 Å². The minimum atomic E-state index is -5.49. The summed E-state index contributed by atoms with van der Waals surface area (Å²) in [4.78, 5) is 11.3. The molecule has 10 heteroatoms. The van der Waals surface area contributed by atoms with Gasteiger partial charge in [0.1, 0.15) is 11.1 Å². The van der Waals surface area contributed by atoms with Crippen molar-refractivity contribution in [1.29, 1.82) is 5.26 Å². The number of hydrogen-bond acceptors (Lipinski definition) is 4. The highest BCUT2D eigenvalue weighted by molar-refractivity contribution is 5.93. The van der Waals surface area contributed by atoms with Gasteiger partial charge in [-0.05, 0) is 12.1 Å². The summed E-state index contributed by atoms with van der Waals surface area (Å²) >= 11 is 0. The first-order valence-electron chi connectivity index (χ1n) is 4.99. The maximum atomic E-state index is 12.9. The quantitative estimate of drug-likeness (QED) is 0.621. The number of ether oxygens (including phenoxy) is 2. The van der Waals surface area contributed by atoms with Gasteiger partial charge in [0.2, 0.25) is 0 Å². The summed E-state index contributed by atoms with van der Waals surface area (Å²) in [5, 5.41) is 8.59. The highest BCUT2D eigenvalue weighted by Crippen LogP contribution is 2.42. The first-order chi connectivity index (χ1) is 9.51. The fourth-order valence-corrected chi connectivity index (χ4v) is 1.45. The lowest BCUT2D eigenvalue weighted by molar-refractivity contribution is -0.276. The highest BCUT2D eigenvalue weighted by atomic mass is 19.4. The Morgan fingerprint density at radius 1 is 1.19 bits per heavy atom. The molecule has 1 aromatic rings. The smallest absolute Gasteiger partial charge is 0.465 e. The van der Waals surface area contributed by atoms with Crippen molar-refractivity contribution >= 4 is 5.97 Å². The minimum Gasteiger partial charge on any atom is -0.465 e. The molecule has 0 aliphatic rings. The standard InChI is InChI=1S/C11H5F6NO3/c1-20-9(19)6-3-2-5(4-18)7(10(12,13)14)8(6)21-11(15,16)17/h2-3H,1H3. The number of carbonyl (C=O) groups is 1. The van der Waals surface area contributed by atoms with Crippen molar-refractivity contribution in [2.24, 2.45) is 0 Å².